The molecule has 1 aliphatic rings. The fourth-order valence-electron chi connectivity index (χ4n) is 3.86. The summed E-state index contributed by atoms with van der Waals surface area (Å²) in [4.78, 5) is 25.3. The van der Waals surface area contributed by atoms with Crippen LogP contribution in [0, 0.1) is 12.8 Å². The van der Waals surface area contributed by atoms with E-state index in [0.29, 0.717) is 27.6 Å². The van der Waals surface area contributed by atoms with Crippen LogP contribution in [0.3, 0.4) is 0 Å². The number of hydrogen-bond acceptors (Lipinski definition) is 3. The van der Waals surface area contributed by atoms with Gasteiger partial charge in [-0.2, -0.15) is 0 Å². The number of ketones is 1. The first-order valence-corrected chi connectivity index (χ1v) is 10.0. The van der Waals surface area contributed by atoms with Gasteiger partial charge in [0.05, 0.1) is 0 Å². The lowest BCUT2D eigenvalue weighted by molar-refractivity contribution is -0.120. The maximum Gasteiger partial charge on any atom is 0.228 e. The Hall–Kier alpha value is -2.59. The monoisotopic (exact) mass is 395 g/mol. The molecule has 0 unspecified atom stereocenters. The third kappa shape index (κ3) is 3.69. The summed E-state index contributed by atoms with van der Waals surface area (Å²) < 4.78 is 5.88. The van der Waals surface area contributed by atoms with E-state index in [-0.39, 0.29) is 17.6 Å². The molecule has 0 bridgehead atoms. The van der Waals surface area contributed by atoms with Crippen LogP contribution in [0.15, 0.2) is 46.9 Å². The Balaban J connectivity index is 1.59. The smallest absolute Gasteiger partial charge is 0.228 e. The van der Waals surface area contributed by atoms with Crippen LogP contribution in [0.25, 0.3) is 11.0 Å². The Labute approximate surface area is 168 Å². The number of furan rings is 1. The fraction of sp³-hybridized carbons (Fsp3) is 0.304. The number of benzene rings is 2. The molecule has 2 aromatic carbocycles. The number of hydrogen-bond donors (Lipinski definition) is 1. The molecule has 1 amide bonds. The van der Waals surface area contributed by atoms with Crippen LogP contribution < -0.4 is 5.32 Å². The summed E-state index contributed by atoms with van der Waals surface area (Å²) in [7, 11) is 0. The van der Waals surface area contributed by atoms with Crippen molar-refractivity contribution in [1.29, 1.82) is 0 Å². The van der Waals surface area contributed by atoms with Crippen LogP contribution >= 0.6 is 11.6 Å². The number of rotatable bonds is 4. The van der Waals surface area contributed by atoms with Crippen molar-refractivity contribution in [2.24, 2.45) is 5.92 Å². The third-order valence-corrected chi connectivity index (χ3v) is 5.75. The summed E-state index contributed by atoms with van der Waals surface area (Å²) in [6, 6.07) is 12.3. The lowest BCUT2D eigenvalue weighted by Gasteiger charge is -2.20. The summed E-state index contributed by atoms with van der Waals surface area (Å²) in [6.07, 6.45) is 5.35. The van der Waals surface area contributed by atoms with Crippen molar-refractivity contribution >= 4 is 39.9 Å². The van der Waals surface area contributed by atoms with Crippen molar-refractivity contribution < 1.29 is 14.0 Å². The summed E-state index contributed by atoms with van der Waals surface area (Å²) in [5.74, 6) is 0.288. The highest BCUT2D eigenvalue weighted by atomic mass is 35.5. The zero-order chi connectivity index (χ0) is 19.7. The van der Waals surface area contributed by atoms with E-state index in [1.807, 2.05) is 19.1 Å². The number of carbonyl (C=O) groups excluding carboxylic acids is 2. The second-order valence-electron chi connectivity index (χ2n) is 7.43. The van der Waals surface area contributed by atoms with E-state index in [0.717, 1.165) is 36.6 Å². The van der Waals surface area contributed by atoms with Crippen LogP contribution in [-0.4, -0.2) is 11.7 Å². The van der Waals surface area contributed by atoms with Crippen molar-refractivity contribution in [2.45, 2.75) is 39.0 Å². The Morgan fingerprint density at radius 1 is 1.04 bits per heavy atom. The molecular weight excluding hydrogens is 374 g/mol. The van der Waals surface area contributed by atoms with Gasteiger partial charge in [0.15, 0.2) is 5.76 Å². The maximum absolute atomic E-state index is 12.8. The molecule has 1 N–H and O–H groups in total. The quantitative estimate of drug-likeness (QED) is 0.539. The van der Waals surface area contributed by atoms with Gasteiger partial charge in [-0.3, -0.25) is 9.59 Å². The highest BCUT2D eigenvalue weighted by Gasteiger charge is 2.22. The number of anilines is 1. The number of carbonyl (C=O) groups is 2. The van der Waals surface area contributed by atoms with Gasteiger partial charge in [-0.25, -0.2) is 0 Å². The van der Waals surface area contributed by atoms with Gasteiger partial charge in [0.1, 0.15) is 5.58 Å². The molecule has 1 heterocycles. The van der Waals surface area contributed by atoms with Crippen molar-refractivity contribution in [2.75, 3.05) is 5.32 Å². The SMILES string of the molecule is Cc1c(C(=O)c2ccc(Cl)cc2)oc2cc(NC(=O)C3CCCCC3)ccc12. The summed E-state index contributed by atoms with van der Waals surface area (Å²) in [6.45, 7) is 1.87. The minimum Gasteiger partial charge on any atom is -0.452 e. The summed E-state index contributed by atoms with van der Waals surface area (Å²) in [5, 5.41) is 4.45. The third-order valence-electron chi connectivity index (χ3n) is 5.49. The van der Waals surface area contributed by atoms with Gasteiger partial charge in [-0.05, 0) is 56.2 Å². The van der Waals surface area contributed by atoms with Crippen molar-refractivity contribution in [1.82, 2.24) is 0 Å². The molecule has 4 rings (SSSR count). The van der Waals surface area contributed by atoms with E-state index >= 15 is 0 Å². The normalized spacial score (nSPS) is 14.9. The van der Waals surface area contributed by atoms with E-state index < -0.39 is 0 Å². The topological polar surface area (TPSA) is 59.3 Å². The molecule has 1 aliphatic carbocycles. The molecule has 0 atom stereocenters. The standard InChI is InChI=1S/C23H22ClNO3/c1-14-19-12-11-18(25-23(27)16-5-3-2-4-6-16)13-20(19)28-22(14)21(26)15-7-9-17(24)10-8-15/h7-13,16H,2-6H2,1H3,(H,25,27). The fourth-order valence-corrected chi connectivity index (χ4v) is 3.99. The van der Waals surface area contributed by atoms with E-state index in [1.54, 1.807) is 30.3 Å². The molecule has 0 aliphatic heterocycles. The van der Waals surface area contributed by atoms with E-state index in [1.165, 1.54) is 6.42 Å². The first-order chi connectivity index (χ1) is 13.5. The lowest BCUT2D eigenvalue weighted by Crippen LogP contribution is -2.24. The van der Waals surface area contributed by atoms with Gasteiger partial charge in [0.25, 0.3) is 0 Å². The minimum atomic E-state index is -0.182. The van der Waals surface area contributed by atoms with Crippen molar-refractivity contribution in [3.63, 3.8) is 0 Å². The zero-order valence-corrected chi connectivity index (χ0v) is 16.5. The van der Waals surface area contributed by atoms with Crippen LogP contribution in [0.5, 0.6) is 0 Å². The first-order valence-electron chi connectivity index (χ1n) is 9.67. The minimum absolute atomic E-state index is 0.0693. The molecule has 5 heteroatoms. The Kier molecular flexibility index (Phi) is 5.23. The zero-order valence-electron chi connectivity index (χ0n) is 15.8. The predicted molar refractivity (Wildman–Crippen MR) is 111 cm³/mol. The maximum atomic E-state index is 12.8. The lowest BCUT2D eigenvalue weighted by atomic mass is 9.88. The van der Waals surface area contributed by atoms with E-state index in [4.69, 9.17) is 16.0 Å². The highest BCUT2D eigenvalue weighted by Crippen LogP contribution is 2.30. The molecule has 0 spiro atoms. The van der Waals surface area contributed by atoms with Crippen LogP contribution in [-0.2, 0) is 4.79 Å². The Bertz CT molecular complexity index is 1030. The average molecular weight is 396 g/mol. The largest absolute Gasteiger partial charge is 0.452 e. The Morgan fingerprint density at radius 3 is 2.46 bits per heavy atom. The molecule has 0 saturated heterocycles. The molecule has 1 saturated carbocycles. The predicted octanol–water partition coefficient (Wildman–Crippen LogP) is 6.14. The van der Waals surface area contributed by atoms with Crippen LogP contribution in [0.1, 0.15) is 53.8 Å². The number of aryl methyl sites for hydroxylation is 1. The number of halogens is 1. The molecule has 144 valence electrons. The molecule has 4 nitrogen and oxygen atoms in total. The molecule has 3 aromatic rings. The number of nitrogens with one attached hydrogen (secondary N) is 1. The molecule has 28 heavy (non-hydrogen) atoms. The van der Waals surface area contributed by atoms with Gasteiger partial charge in [0.2, 0.25) is 11.7 Å². The summed E-state index contributed by atoms with van der Waals surface area (Å²) >= 11 is 5.90. The van der Waals surface area contributed by atoms with E-state index in [9.17, 15) is 9.59 Å². The van der Waals surface area contributed by atoms with Crippen LogP contribution in [0.4, 0.5) is 5.69 Å². The molecular formula is C23H22ClNO3. The first kappa shape index (κ1) is 18.8. The van der Waals surface area contributed by atoms with Crippen LogP contribution in [0.2, 0.25) is 5.02 Å². The van der Waals surface area contributed by atoms with Gasteiger partial charge in [-0.15, -0.1) is 0 Å². The molecule has 1 aromatic heterocycles. The van der Waals surface area contributed by atoms with Crippen molar-refractivity contribution in [3.05, 3.63) is 64.4 Å². The van der Waals surface area contributed by atoms with Gasteiger partial charge < -0.3 is 9.73 Å². The Morgan fingerprint density at radius 2 is 1.75 bits per heavy atom. The van der Waals surface area contributed by atoms with Gasteiger partial charge >= 0.3 is 0 Å². The number of fused-ring (bicyclic) bond motifs is 1. The van der Waals surface area contributed by atoms with Gasteiger partial charge in [0, 0.05) is 39.2 Å². The van der Waals surface area contributed by atoms with Gasteiger partial charge in [-0.1, -0.05) is 30.9 Å². The van der Waals surface area contributed by atoms with E-state index in [2.05, 4.69) is 5.32 Å². The summed E-state index contributed by atoms with van der Waals surface area (Å²) in [5.41, 5.74) is 2.61. The number of amides is 1. The second kappa shape index (κ2) is 7.80. The van der Waals surface area contributed by atoms with Crippen molar-refractivity contribution in [3.8, 4) is 0 Å². The second-order valence-corrected chi connectivity index (χ2v) is 7.86. The molecule has 0 radical (unpaired) electrons. The highest BCUT2D eigenvalue weighted by molar-refractivity contribution is 6.30. The average Bonchev–Trinajstić information content (AvgIpc) is 3.04. The molecule has 1 fully saturated rings.